The molecule has 0 radical (unpaired) electrons. The number of carboxylic acid groups (broad SMARTS) is 1. The number of anilines is 2. The third kappa shape index (κ3) is 5.10. The lowest BCUT2D eigenvalue weighted by Gasteiger charge is -2.09. The van der Waals surface area contributed by atoms with Gasteiger partial charge in [0.15, 0.2) is 5.17 Å². The number of hydrogen-bond donors (Lipinski definition) is 2. The Bertz CT molecular complexity index is 861. The Morgan fingerprint density at radius 1 is 1.15 bits per heavy atom. The zero-order chi connectivity index (χ0) is 19.2. The van der Waals surface area contributed by atoms with E-state index in [4.69, 9.17) is 0 Å². The molecule has 7 heteroatoms. The highest BCUT2D eigenvalue weighted by Crippen LogP contribution is 2.24. The van der Waals surface area contributed by atoms with Gasteiger partial charge >= 0.3 is 0 Å². The van der Waals surface area contributed by atoms with Crippen LogP contribution < -0.4 is 15.8 Å². The molecule has 140 valence electrons. The SMILES string of the molecule is CC[C@H]1CN=C(Nc2ccc(/C(C)=N\Nc3ccc(C(=O)[O-])cc3)cc2)S1. The van der Waals surface area contributed by atoms with Gasteiger partial charge in [-0.25, -0.2) is 0 Å². The maximum absolute atomic E-state index is 10.8. The van der Waals surface area contributed by atoms with Crippen LogP contribution in [-0.4, -0.2) is 28.6 Å². The highest BCUT2D eigenvalue weighted by atomic mass is 32.2. The highest BCUT2D eigenvalue weighted by molar-refractivity contribution is 8.15. The first kappa shape index (κ1) is 19.0. The van der Waals surface area contributed by atoms with Crippen LogP contribution >= 0.6 is 11.8 Å². The molecule has 0 fully saturated rings. The van der Waals surface area contributed by atoms with Crippen LogP contribution in [-0.2, 0) is 0 Å². The molecule has 0 unspecified atom stereocenters. The van der Waals surface area contributed by atoms with Gasteiger partial charge in [0.2, 0.25) is 0 Å². The van der Waals surface area contributed by atoms with Crippen molar-refractivity contribution < 1.29 is 9.90 Å². The molecule has 1 atom stereocenters. The Morgan fingerprint density at radius 2 is 1.78 bits per heavy atom. The molecule has 0 saturated carbocycles. The lowest BCUT2D eigenvalue weighted by atomic mass is 10.1. The van der Waals surface area contributed by atoms with E-state index in [9.17, 15) is 9.90 Å². The minimum atomic E-state index is -1.19. The maximum atomic E-state index is 10.8. The monoisotopic (exact) mass is 381 g/mol. The Labute approximate surface area is 162 Å². The second-order valence-corrected chi connectivity index (χ2v) is 7.46. The Kier molecular flexibility index (Phi) is 6.13. The molecule has 0 spiro atoms. The summed E-state index contributed by atoms with van der Waals surface area (Å²) in [6, 6.07) is 14.3. The lowest BCUT2D eigenvalue weighted by molar-refractivity contribution is -0.255. The van der Waals surface area contributed by atoms with E-state index in [2.05, 4.69) is 27.8 Å². The second kappa shape index (κ2) is 8.73. The van der Waals surface area contributed by atoms with Gasteiger partial charge < -0.3 is 15.2 Å². The van der Waals surface area contributed by atoms with Crippen molar-refractivity contribution in [3.05, 3.63) is 59.7 Å². The smallest absolute Gasteiger partial charge is 0.161 e. The summed E-state index contributed by atoms with van der Waals surface area (Å²) in [5.74, 6) is -1.19. The van der Waals surface area contributed by atoms with Crippen molar-refractivity contribution in [3.63, 3.8) is 0 Å². The number of carboxylic acids is 1. The van der Waals surface area contributed by atoms with E-state index < -0.39 is 5.97 Å². The van der Waals surface area contributed by atoms with Gasteiger partial charge in [0, 0.05) is 10.9 Å². The van der Waals surface area contributed by atoms with E-state index in [1.807, 2.05) is 31.2 Å². The number of nitrogens with one attached hydrogen (secondary N) is 2. The van der Waals surface area contributed by atoms with E-state index >= 15 is 0 Å². The van der Waals surface area contributed by atoms with Crippen molar-refractivity contribution in [3.8, 4) is 0 Å². The molecule has 6 nitrogen and oxygen atoms in total. The van der Waals surface area contributed by atoms with Gasteiger partial charge in [0.1, 0.15) is 0 Å². The molecule has 0 saturated heterocycles. The van der Waals surface area contributed by atoms with Crippen LogP contribution in [0.5, 0.6) is 0 Å². The summed E-state index contributed by atoms with van der Waals surface area (Å²) in [5.41, 5.74) is 6.59. The van der Waals surface area contributed by atoms with Crippen LogP contribution in [0.3, 0.4) is 0 Å². The van der Waals surface area contributed by atoms with Crippen molar-refractivity contribution in [2.24, 2.45) is 10.1 Å². The normalized spacial score (nSPS) is 16.7. The molecule has 3 rings (SSSR count). The predicted octanol–water partition coefficient (Wildman–Crippen LogP) is 3.18. The average molecular weight is 381 g/mol. The summed E-state index contributed by atoms with van der Waals surface area (Å²) in [7, 11) is 0. The quantitative estimate of drug-likeness (QED) is 0.593. The number of aromatic carboxylic acids is 1. The van der Waals surface area contributed by atoms with Gasteiger partial charge in [0.25, 0.3) is 0 Å². The molecule has 1 aliphatic heterocycles. The Morgan fingerprint density at radius 3 is 2.37 bits per heavy atom. The van der Waals surface area contributed by atoms with E-state index in [0.29, 0.717) is 10.9 Å². The summed E-state index contributed by atoms with van der Waals surface area (Å²) >= 11 is 1.79. The third-order valence-corrected chi connectivity index (χ3v) is 5.47. The minimum absolute atomic E-state index is 0.139. The largest absolute Gasteiger partial charge is 0.545 e. The molecule has 0 aliphatic carbocycles. The minimum Gasteiger partial charge on any atom is -0.545 e. The van der Waals surface area contributed by atoms with Crippen LogP contribution in [0.25, 0.3) is 0 Å². The van der Waals surface area contributed by atoms with Crippen LogP contribution in [0.4, 0.5) is 11.4 Å². The van der Waals surface area contributed by atoms with Gasteiger partial charge in [-0.05, 0) is 48.7 Å². The van der Waals surface area contributed by atoms with Crippen LogP contribution in [0.2, 0.25) is 0 Å². The summed E-state index contributed by atoms with van der Waals surface area (Å²) in [6.45, 7) is 4.97. The summed E-state index contributed by atoms with van der Waals surface area (Å²) in [4.78, 5) is 15.3. The van der Waals surface area contributed by atoms with Crippen molar-refractivity contribution in [2.45, 2.75) is 25.5 Å². The van der Waals surface area contributed by atoms with Crippen molar-refractivity contribution in [1.82, 2.24) is 0 Å². The summed E-state index contributed by atoms with van der Waals surface area (Å²) in [5, 5.41) is 20.0. The fourth-order valence-corrected chi connectivity index (χ4v) is 3.47. The fraction of sp³-hybridized carbons (Fsp3) is 0.250. The number of nitrogens with zero attached hydrogens (tertiary/aromatic N) is 2. The number of hydrazone groups is 1. The fourth-order valence-electron chi connectivity index (χ4n) is 2.51. The Balaban J connectivity index is 1.59. The zero-order valence-electron chi connectivity index (χ0n) is 15.2. The van der Waals surface area contributed by atoms with Gasteiger partial charge in [0.05, 0.1) is 23.9 Å². The van der Waals surface area contributed by atoms with Gasteiger partial charge in [-0.3, -0.25) is 10.4 Å². The van der Waals surface area contributed by atoms with Gasteiger partial charge in [-0.15, -0.1) is 0 Å². The first-order valence-electron chi connectivity index (χ1n) is 8.75. The van der Waals surface area contributed by atoms with Crippen molar-refractivity contribution in [2.75, 3.05) is 17.3 Å². The lowest BCUT2D eigenvalue weighted by Crippen LogP contribution is -2.21. The molecule has 0 bridgehead atoms. The number of aliphatic imine (C=N–C) groups is 1. The third-order valence-electron chi connectivity index (χ3n) is 4.20. The first-order chi connectivity index (χ1) is 13.0. The Hall–Kier alpha value is -2.80. The molecule has 1 aliphatic rings. The van der Waals surface area contributed by atoms with Gasteiger partial charge in [-0.1, -0.05) is 43.0 Å². The molecule has 0 aromatic heterocycles. The molecule has 27 heavy (non-hydrogen) atoms. The molecule has 2 N–H and O–H groups in total. The van der Waals surface area contributed by atoms with E-state index in [1.165, 1.54) is 12.1 Å². The molecule has 1 heterocycles. The maximum Gasteiger partial charge on any atom is 0.161 e. The van der Waals surface area contributed by atoms with E-state index in [0.717, 1.165) is 35.1 Å². The summed E-state index contributed by atoms with van der Waals surface area (Å²) in [6.07, 6.45) is 1.12. The number of thioether (sulfide) groups is 1. The average Bonchev–Trinajstić information content (AvgIpc) is 3.14. The van der Waals surface area contributed by atoms with Gasteiger partial charge in [-0.2, -0.15) is 5.10 Å². The molecule has 0 amide bonds. The molecular formula is C20H21N4O2S-. The number of amidine groups is 1. The predicted molar refractivity (Wildman–Crippen MR) is 111 cm³/mol. The second-order valence-electron chi connectivity index (χ2n) is 6.17. The van der Waals surface area contributed by atoms with Crippen LogP contribution in [0, 0.1) is 0 Å². The first-order valence-corrected chi connectivity index (χ1v) is 9.63. The van der Waals surface area contributed by atoms with Crippen LogP contribution in [0.1, 0.15) is 36.2 Å². The molecule has 2 aromatic rings. The highest BCUT2D eigenvalue weighted by Gasteiger charge is 2.17. The van der Waals surface area contributed by atoms with E-state index in [1.54, 1.807) is 23.9 Å². The number of benzene rings is 2. The van der Waals surface area contributed by atoms with Crippen molar-refractivity contribution >= 4 is 40.0 Å². The molecule has 2 aromatic carbocycles. The topological polar surface area (TPSA) is 88.9 Å². The number of hydrogen-bond acceptors (Lipinski definition) is 7. The number of carbonyl (C=O) groups excluding carboxylic acids is 1. The zero-order valence-corrected chi connectivity index (χ0v) is 16.0. The molecular weight excluding hydrogens is 360 g/mol. The number of rotatable bonds is 6. The van der Waals surface area contributed by atoms with Crippen molar-refractivity contribution in [1.29, 1.82) is 0 Å². The number of carbonyl (C=O) groups is 1. The van der Waals surface area contributed by atoms with E-state index in [-0.39, 0.29) is 5.56 Å². The summed E-state index contributed by atoms with van der Waals surface area (Å²) < 4.78 is 0. The standard InChI is InChI=1S/C20H22N4O2S/c1-3-18-12-21-20(27-18)22-16-8-4-14(5-9-16)13(2)23-24-17-10-6-15(7-11-17)19(25)26/h4-11,18,24H,3,12H2,1-2H3,(H,21,22)(H,25,26)/p-1/b23-13-/t18-/m0/s1. The van der Waals surface area contributed by atoms with Crippen LogP contribution in [0.15, 0.2) is 58.6 Å².